The molecule has 1 amide bonds. The number of carbonyl (C=O) groups excluding carboxylic acids is 1. The van der Waals surface area contributed by atoms with Crippen molar-refractivity contribution in [3.63, 3.8) is 0 Å². The second kappa shape index (κ2) is 7.05. The molecule has 6 heteroatoms. The second-order valence-electron chi connectivity index (χ2n) is 5.71. The number of carbonyl (C=O) groups is 1. The van der Waals surface area contributed by atoms with Crippen molar-refractivity contribution in [3.05, 3.63) is 54.1 Å². The number of aryl methyl sites for hydroxylation is 1. The summed E-state index contributed by atoms with van der Waals surface area (Å²) < 4.78 is 29.5. The zero-order chi connectivity index (χ0) is 17.9. The van der Waals surface area contributed by atoms with E-state index in [2.05, 4.69) is 0 Å². The van der Waals surface area contributed by atoms with Gasteiger partial charge in [-0.1, -0.05) is 29.8 Å². The Morgan fingerprint density at radius 3 is 2.25 bits per heavy atom. The average Bonchev–Trinajstić information content (AvgIpc) is 2.54. The first-order valence-electron chi connectivity index (χ1n) is 7.50. The Balaban J connectivity index is 2.22. The Bertz CT molecular complexity index is 828. The Hall–Kier alpha value is -2.34. The van der Waals surface area contributed by atoms with Crippen molar-refractivity contribution in [1.82, 2.24) is 0 Å². The molecule has 1 unspecified atom stereocenters. The molecular formula is C18H21NO4S. The quantitative estimate of drug-likeness (QED) is 0.834. The number of hydrogen-bond acceptors (Lipinski definition) is 4. The van der Waals surface area contributed by atoms with Crippen molar-refractivity contribution in [2.75, 3.05) is 18.2 Å². The second-order valence-corrected chi connectivity index (χ2v) is 7.69. The van der Waals surface area contributed by atoms with Crippen LogP contribution in [0.25, 0.3) is 0 Å². The number of amides is 1. The van der Waals surface area contributed by atoms with Crippen LogP contribution in [0.1, 0.15) is 12.5 Å². The first-order valence-corrected chi connectivity index (χ1v) is 9.39. The monoisotopic (exact) mass is 347 g/mol. The van der Waals surface area contributed by atoms with Gasteiger partial charge in [-0.05, 0) is 38.1 Å². The maximum Gasteiger partial charge on any atom is 0.267 e. The van der Waals surface area contributed by atoms with Crippen LogP contribution in [0.15, 0.2) is 53.4 Å². The van der Waals surface area contributed by atoms with Gasteiger partial charge in [0, 0.05) is 13.3 Å². The van der Waals surface area contributed by atoms with E-state index in [-0.39, 0.29) is 10.8 Å². The Kier molecular flexibility index (Phi) is 5.29. The molecule has 128 valence electrons. The molecule has 24 heavy (non-hydrogen) atoms. The summed E-state index contributed by atoms with van der Waals surface area (Å²) in [5.74, 6) is 0.262. The molecule has 1 atom stereocenters. The highest BCUT2D eigenvalue weighted by Gasteiger charge is 2.24. The maximum atomic E-state index is 12.6. The number of ether oxygens (including phenoxy) is 1. The first kappa shape index (κ1) is 18.0. The molecule has 0 aliphatic carbocycles. The number of para-hydroxylation sites is 1. The van der Waals surface area contributed by atoms with Crippen molar-refractivity contribution < 1.29 is 17.9 Å². The molecule has 0 bridgehead atoms. The fraction of sp³-hybridized carbons (Fsp3) is 0.278. The predicted molar refractivity (Wildman–Crippen MR) is 94.2 cm³/mol. The van der Waals surface area contributed by atoms with Crippen LogP contribution in [0.2, 0.25) is 0 Å². The van der Waals surface area contributed by atoms with Crippen LogP contribution in [-0.4, -0.2) is 33.7 Å². The highest BCUT2D eigenvalue weighted by Crippen LogP contribution is 2.25. The normalized spacial score (nSPS) is 12.5. The summed E-state index contributed by atoms with van der Waals surface area (Å²) in [5, 5.41) is 0. The summed E-state index contributed by atoms with van der Waals surface area (Å²) in [5.41, 5.74) is 1.44. The molecule has 0 spiro atoms. The number of benzene rings is 2. The summed E-state index contributed by atoms with van der Waals surface area (Å²) in [6, 6.07) is 13.8. The Labute approximate surface area is 142 Å². The van der Waals surface area contributed by atoms with Crippen LogP contribution in [0.4, 0.5) is 5.69 Å². The van der Waals surface area contributed by atoms with Crippen LogP contribution in [0, 0.1) is 6.92 Å². The third kappa shape index (κ3) is 4.14. The molecule has 0 fully saturated rings. The van der Waals surface area contributed by atoms with Gasteiger partial charge in [0.05, 0.1) is 10.6 Å². The number of sulfone groups is 1. The van der Waals surface area contributed by atoms with Crippen molar-refractivity contribution in [3.8, 4) is 5.75 Å². The van der Waals surface area contributed by atoms with E-state index in [1.807, 2.05) is 19.1 Å². The van der Waals surface area contributed by atoms with E-state index in [0.29, 0.717) is 11.4 Å². The summed E-state index contributed by atoms with van der Waals surface area (Å²) in [4.78, 5) is 14.0. The predicted octanol–water partition coefficient (Wildman–Crippen LogP) is 2.83. The first-order chi connectivity index (χ1) is 11.2. The molecule has 0 aliphatic heterocycles. The number of rotatable bonds is 5. The average molecular weight is 347 g/mol. The smallest absolute Gasteiger partial charge is 0.267 e. The molecule has 0 N–H and O–H groups in total. The van der Waals surface area contributed by atoms with E-state index in [0.717, 1.165) is 11.8 Å². The van der Waals surface area contributed by atoms with Gasteiger partial charge in [0.15, 0.2) is 15.9 Å². The number of anilines is 1. The highest BCUT2D eigenvalue weighted by molar-refractivity contribution is 7.90. The number of nitrogens with zero attached hydrogens (tertiary/aromatic N) is 1. The largest absolute Gasteiger partial charge is 0.481 e. The molecule has 0 heterocycles. The molecular weight excluding hydrogens is 326 g/mol. The summed E-state index contributed by atoms with van der Waals surface area (Å²) in [6.07, 6.45) is 0.376. The minimum absolute atomic E-state index is 0.114. The van der Waals surface area contributed by atoms with Gasteiger partial charge in [-0.3, -0.25) is 4.79 Å². The molecule has 0 saturated carbocycles. The fourth-order valence-electron chi connectivity index (χ4n) is 2.31. The van der Waals surface area contributed by atoms with Gasteiger partial charge in [-0.2, -0.15) is 0 Å². The van der Waals surface area contributed by atoms with Gasteiger partial charge in [0.2, 0.25) is 0 Å². The highest BCUT2D eigenvalue weighted by atomic mass is 32.2. The van der Waals surface area contributed by atoms with Gasteiger partial charge in [0.25, 0.3) is 5.91 Å². The van der Waals surface area contributed by atoms with Gasteiger partial charge < -0.3 is 9.64 Å². The minimum Gasteiger partial charge on any atom is -0.481 e. The van der Waals surface area contributed by atoms with Gasteiger partial charge >= 0.3 is 0 Å². The van der Waals surface area contributed by atoms with E-state index in [9.17, 15) is 13.2 Å². The Morgan fingerprint density at radius 2 is 1.67 bits per heavy atom. The third-order valence-electron chi connectivity index (χ3n) is 3.64. The van der Waals surface area contributed by atoms with Crippen molar-refractivity contribution >= 4 is 21.4 Å². The van der Waals surface area contributed by atoms with E-state index in [1.165, 1.54) is 11.0 Å². The summed E-state index contributed by atoms with van der Waals surface area (Å²) in [7, 11) is -1.89. The molecule has 0 aliphatic rings. The van der Waals surface area contributed by atoms with E-state index < -0.39 is 15.9 Å². The van der Waals surface area contributed by atoms with E-state index >= 15 is 0 Å². The lowest BCUT2D eigenvalue weighted by Gasteiger charge is -2.24. The number of likely N-dealkylation sites (N-methyl/N-ethyl adjacent to an activating group) is 1. The van der Waals surface area contributed by atoms with Crippen molar-refractivity contribution in [2.24, 2.45) is 0 Å². The topological polar surface area (TPSA) is 63.7 Å². The molecule has 2 aromatic carbocycles. The van der Waals surface area contributed by atoms with Crippen LogP contribution in [0.5, 0.6) is 5.75 Å². The van der Waals surface area contributed by atoms with E-state index in [1.54, 1.807) is 44.3 Å². The molecule has 0 aromatic heterocycles. The minimum atomic E-state index is -3.44. The molecule has 2 aromatic rings. The number of hydrogen-bond donors (Lipinski definition) is 0. The van der Waals surface area contributed by atoms with Gasteiger partial charge in [0.1, 0.15) is 5.75 Å². The third-order valence-corrected chi connectivity index (χ3v) is 4.78. The molecule has 0 saturated heterocycles. The van der Waals surface area contributed by atoms with Crippen LogP contribution >= 0.6 is 0 Å². The SMILES string of the molecule is Cc1ccc(OC(C)C(=O)N(C)c2ccccc2S(C)(=O)=O)cc1. The summed E-state index contributed by atoms with van der Waals surface area (Å²) >= 11 is 0. The van der Waals surface area contributed by atoms with Crippen LogP contribution < -0.4 is 9.64 Å². The van der Waals surface area contributed by atoms with Gasteiger partial charge in [-0.15, -0.1) is 0 Å². The lowest BCUT2D eigenvalue weighted by Crippen LogP contribution is -2.38. The van der Waals surface area contributed by atoms with Gasteiger partial charge in [-0.25, -0.2) is 8.42 Å². The molecule has 0 radical (unpaired) electrons. The van der Waals surface area contributed by atoms with Crippen LogP contribution in [0.3, 0.4) is 0 Å². The molecule has 5 nitrogen and oxygen atoms in total. The zero-order valence-electron chi connectivity index (χ0n) is 14.2. The standard InChI is InChI=1S/C18H21NO4S/c1-13-9-11-15(12-10-13)23-14(2)18(20)19(3)16-7-5-6-8-17(16)24(4,21)22/h5-12,14H,1-4H3. The van der Waals surface area contributed by atoms with E-state index in [4.69, 9.17) is 4.74 Å². The lowest BCUT2D eigenvalue weighted by atomic mass is 10.2. The Morgan fingerprint density at radius 1 is 1.08 bits per heavy atom. The maximum absolute atomic E-state index is 12.6. The van der Waals surface area contributed by atoms with Crippen molar-refractivity contribution in [1.29, 1.82) is 0 Å². The summed E-state index contributed by atoms with van der Waals surface area (Å²) in [6.45, 7) is 3.61. The zero-order valence-corrected chi connectivity index (χ0v) is 15.0. The van der Waals surface area contributed by atoms with Crippen molar-refractivity contribution in [2.45, 2.75) is 24.8 Å². The lowest BCUT2D eigenvalue weighted by molar-refractivity contribution is -0.124. The molecule has 2 rings (SSSR count). The van der Waals surface area contributed by atoms with Crippen LogP contribution in [-0.2, 0) is 14.6 Å². The fourth-order valence-corrected chi connectivity index (χ4v) is 3.22.